The zero-order valence-corrected chi connectivity index (χ0v) is 13.6. The van der Waals surface area contributed by atoms with Gasteiger partial charge in [0.1, 0.15) is 5.82 Å². The number of rotatable bonds is 7. The lowest BCUT2D eigenvalue weighted by Crippen LogP contribution is -2.37. The molecule has 18 heavy (non-hydrogen) atoms. The van der Waals surface area contributed by atoms with E-state index in [1.165, 1.54) is 18.4 Å². The van der Waals surface area contributed by atoms with Crippen molar-refractivity contribution in [2.75, 3.05) is 11.4 Å². The molecule has 1 heterocycles. The van der Waals surface area contributed by atoms with Crippen molar-refractivity contribution in [3.8, 4) is 0 Å². The SMILES string of the molecule is CCC(CC)N(CC(C)C)c1ccc(CBr)cn1. The Kier molecular flexibility index (Phi) is 6.69. The second kappa shape index (κ2) is 7.78. The molecule has 0 aliphatic rings. The standard InChI is InChI=1S/C15H25BrN2/c1-5-14(6-2)18(11-12(3)4)15-8-7-13(9-16)10-17-15/h7-8,10,12,14H,5-6,9,11H2,1-4H3. The first-order chi connectivity index (χ1) is 8.62. The number of hydrogen-bond acceptors (Lipinski definition) is 2. The van der Waals surface area contributed by atoms with Crippen LogP contribution in [0.2, 0.25) is 0 Å². The molecule has 0 bridgehead atoms. The predicted molar refractivity (Wildman–Crippen MR) is 83.4 cm³/mol. The minimum atomic E-state index is 0.592. The molecular weight excluding hydrogens is 288 g/mol. The van der Waals surface area contributed by atoms with Crippen molar-refractivity contribution in [3.05, 3.63) is 23.9 Å². The van der Waals surface area contributed by atoms with Crippen LogP contribution in [0, 0.1) is 5.92 Å². The van der Waals surface area contributed by atoms with Gasteiger partial charge in [0.15, 0.2) is 0 Å². The monoisotopic (exact) mass is 312 g/mol. The predicted octanol–water partition coefficient (Wildman–Crippen LogP) is 4.63. The van der Waals surface area contributed by atoms with Crippen LogP contribution < -0.4 is 4.90 Å². The molecule has 0 amide bonds. The number of alkyl halides is 1. The fraction of sp³-hybridized carbons (Fsp3) is 0.667. The van der Waals surface area contributed by atoms with E-state index in [1.54, 1.807) is 0 Å². The highest BCUT2D eigenvalue weighted by atomic mass is 79.9. The third-order valence-corrected chi connectivity index (χ3v) is 3.85. The average molecular weight is 313 g/mol. The molecule has 0 radical (unpaired) electrons. The third kappa shape index (κ3) is 4.27. The molecular formula is C15H25BrN2. The summed E-state index contributed by atoms with van der Waals surface area (Å²) in [6, 6.07) is 4.90. The van der Waals surface area contributed by atoms with Gasteiger partial charge in [-0.25, -0.2) is 4.98 Å². The van der Waals surface area contributed by atoms with Crippen LogP contribution in [0.1, 0.15) is 46.1 Å². The highest BCUT2D eigenvalue weighted by molar-refractivity contribution is 9.08. The summed E-state index contributed by atoms with van der Waals surface area (Å²) in [7, 11) is 0. The third-order valence-electron chi connectivity index (χ3n) is 3.20. The Morgan fingerprint density at radius 2 is 1.89 bits per heavy atom. The highest BCUT2D eigenvalue weighted by Gasteiger charge is 2.17. The van der Waals surface area contributed by atoms with E-state index in [0.717, 1.165) is 17.7 Å². The molecule has 2 nitrogen and oxygen atoms in total. The van der Waals surface area contributed by atoms with Crippen LogP contribution in [0.5, 0.6) is 0 Å². The van der Waals surface area contributed by atoms with E-state index in [0.29, 0.717) is 12.0 Å². The molecule has 0 saturated heterocycles. The highest BCUT2D eigenvalue weighted by Crippen LogP contribution is 2.20. The van der Waals surface area contributed by atoms with E-state index < -0.39 is 0 Å². The first-order valence-electron chi connectivity index (χ1n) is 6.89. The Balaban J connectivity index is 2.92. The Labute approximate surface area is 120 Å². The number of aromatic nitrogens is 1. The largest absolute Gasteiger partial charge is 0.353 e. The Bertz CT molecular complexity index is 331. The van der Waals surface area contributed by atoms with Crippen molar-refractivity contribution in [3.63, 3.8) is 0 Å². The Morgan fingerprint density at radius 1 is 1.22 bits per heavy atom. The van der Waals surface area contributed by atoms with Crippen LogP contribution in [0.3, 0.4) is 0 Å². The molecule has 0 atom stereocenters. The van der Waals surface area contributed by atoms with Crippen LogP contribution in [0.15, 0.2) is 18.3 Å². The van der Waals surface area contributed by atoms with E-state index in [-0.39, 0.29) is 0 Å². The maximum Gasteiger partial charge on any atom is 0.128 e. The first-order valence-corrected chi connectivity index (χ1v) is 8.02. The zero-order chi connectivity index (χ0) is 13.5. The molecule has 3 heteroatoms. The maximum absolute atomic E-state index is 4.62. The average Bonchev–Trinajstić information content (AvgIpc) is 2.38. The van der Waals surface area contributed by atoms with Gasteiger partial charge < -0.3 is 4.90 Å². The van der Waals surface area contributed by atoms with Gasteiger partial charge in [0.05, 0.1) is 0 Å². The van der Waals surface area contributed by atoms with E-state index >= 15 is 0 Å². The molecule has 0 fully saturated rings. The smallest absolute Gasteiger partial charge is 0.128 e. The number of halogens is 1. The van der Waals surface area contributed by atoms with E-state index in [9.17, 15) is 0 Å². The zero-order valence-electron chi connectivity index (χ0n) is 12.0. The summed E-state index contributed by atoms with van der Waals surface area (Å²) in [5.41, 5.74) is 1.23. The lowest BCUT2D eigenvalue weighted by molar-refractivity contribution is 0.503. The van der Waals surface area contributed by atoms with Crippen molar-refractivity contribution in [1.29, 1.82) is 0 Å². The lowest BCUT2D eigenvalue weighted by Gasteiger charge is -2.33. The molecule has 1 aromatic rings. The molecule has 0 unspecified atom stereocenters. The van der Waals surface area contributed by atoms with Crippen molar-refractivity contribution in [1.82, 2.24) is 4.98 Å². The molecule has 1 rings (SSSR count). The van der Waals surface area contributed by atoms with Crippen molar-refractivity contribution >= 4 is 21.7 Å². The molecule has 0 aliphatic carbocycles. The summed E-state index contributed by atoms with van der Waals surface area (Å²) >= 11 is 3.46. The maximum atomic E-state index is 4.62. The lowest BCUT2D eigenvalue weighted by atomic mass is 10.1. The van der Waals surface area contributed by atoms with Gasteiger partial charge in [-0.3, -0.25) is 0 Å². The molecule has 102 valence electrons. The van der Waals surface area contributed by atoms with Crippen LogP contribution in [-0.4, -0.2) is 17.6 Å². The summed E-state index contributed by atoms with van der Waals surface area (Å²) in [5, 5.41) is 0.870. The fourth-order valence-electron chi connectivity index (χ4n) is 2.22. The molecule has 0 N–H and O–H groups in total. The van der Waals surface area contributed by atoms with Gasteiger partial charge in [0, 0.05) is 24.1 Å². The minimum absolute atomic E-state index is 0.592. The Morgan fingerprint density at radius 3 is 2.28 bits per heavy atom. The molecule has 0 aromatic carbocycles. The van der Waals surface area contributed by atoms with E-state index in [2.05, 4.69) is 65.6 Å². The number of hydrogen-bond donors (Lipinski definition) is 0. The van der Waals surface area contributed by atoms with Gasteiger partial charge in [-0.05, 0) is 30.4 Å². The summed E-state index contributed by atoms with van der Waals surface area (Å²) in [4.78, 5) is 7.08. The number of nitrogens with zero attached hydrogens (tertiary/aromatic N) is 2. The van der Waals surface area contributed by atoms with E-state index in [4.69, 9.17) is 0 Å². The topological polar surface area (TPSA) is 16.1 Å². The normalized spacial score (nSPS) is 11.3. The van der Waals surface area contributed by atoms with Gasteiger partial charge in [-0.2, -0.15) is 0 Å². The minimum Gasteiger partial charge on any atom is -0.353 e. The fourth-order valence-corrected chi connectivity index (χ4v) is 2.55. The van der Waals surface area contributed by atoms with Gasteiger partial charge >= 0.3 is 0 Å². The van der Waals surface area contributed by atoms with Gasteiger partial charge in [-0.15, -0.1) is 0 Å². The van der Waals surface area contributed by atoms with Crippen LogP contribution in [0.4, 0.5) is 5.82 Å². The quantitative estimate of drug-likeness (QED) is 0.682. The summed E-state index contributed by atoms with van der Waals surface area (Å²) in [6.07, 6.45) is 4.32. The molecule has 0 aliphatic heterocycles. The van der Waals surface area contributed by atoms with Gasteiger partial charge in [0.25, 0.3) is 0 Å². The van der Waals surface area contributed by atoms with Gasteiger partial charge in [0.2, 0.25) is 0 Å². The Hall–Kier alpha value is -0.570. The first kappa shape index (κ1) is 15.5. The van der Waals surface area contributed by atoms with Crippen LogP contribution >= 0.6 is 15.9 Å². The summed E-state index contributed by atoms with van der Waals surface area (Å²) in [6.45, 7) is 10.1. The van der Waals surface area contributed by atoms with Crippen molar-refractivity contribution in [2.45, 2.75) is 51.9 Å². The number of anilines is 1. The van der Waals surface area contributed by atoms with Gasteiger partial charge in [-0.1, -0.05) is 49.7 Å². The second-order valence-corrected chi connectivity index (χ2v) is 5.74. The second-order valence-electron chi connectivity index (χ2n) is 5.17. The van der Waals surface area contributed by atoms with Crippen molar-refractivity contribution < 1.29 is 0 Å². The summed E-state index contributed by atoms with van der Waals surface area (Å²) in [5.74, 6) is 1.77. The number of pyridine rings is 1. The van der Waals surface area contributed by atoms with Crippen LogP contribution in [0.25, 0.3) is 0 Å². The molecule has 0 saturated carbocycles. The van der Waals surface area contributed by atoms with Crippen molar-refractivity contribution in [2.24, 2.45) is 5.92 Å². The van der Waals surface area contributed by atoms with Crippen LogP contribution in [-0.2, 0) is 5.33 Å². The molecule has 1 aromatic heterocycles. The van der Waals surface area contributed by atoms with E-state index in [1.807, 2.05) is 6.20 Å². The summed E-state index contributed by atoms with van der Waals surface area (Å²) < 4.78 is 0. The molecule has 0 spiro atoms.